The van der Waals surface area contributed by atoms with Crippen LogP contribution in [0.25, 0.3) is 0 Å². The lowest BCUT2D eigenvalue weighted by Gasteiger charge is -2.46. The number of carbonyl (C=O) groups is 1. The monoisotopic (exact) mass is 333 g/mol. The number of hydrogen-bond donors (Lipinski definition) is 0. The van der Waals surface area contributed by atoms with Gasteiger partial charge in [-0.05, 0) is 56.4 Å². The molecule has 0 bridgehead atoms. The Labute approximate surface area is 148 Å². The van der Waals surface area contributed by atoms with Gasteiger partial charge in [0.25, 0.3) is 0 Å². The molecular formula is C21H35NO2. The van der Waals surface area contributed by atoms with E-state index in [1.165, 1.54) is 12.3 Å². The quantitative estimate of drug-likeness (QED) is 0.723. The van der Waals surface area contributed by atoms with Crippen LogP contribution in [0.5, 0.6) is 0 Å². The van der Waals surface area contributed by atoms with Gasteiger partial charge in [0.15, 0.2) is 0 Å². The van der Waals surface area contributed by atoms with Gasteiger partial charge < -0.3 is 10.0 Å². The van der Waals surface area contributed by atoms with E-state index < -0.39 is 0 Å². The van der Waals surface area contributed by atoms with Crippen LogP contribution in [0.1, 0.15) is 81.1 Å². The highest BCUT2D eigenvalue weighted by atomic mass is 16.3. The zero-order chi connectivity index (χ0) is 18.4. The second-order valence-electron chi connectivity index (χ2n) is 9.68. The first-order valence-corrected chi connectivity index (χ1v) is 9.42. The summed E-state index contributed by atoms with van der Waals surface area (Å²) in [6, 6.07) is 0.0617. The van der Waals surface area contributed by atoms with E-state index in [9.17, 15) is 9.90 Å². The van der Waals surface area contributed by atoms with Crippen LogP contribution in [0.2, 0.25) is 0 Å². The van der Waals surface area contributed by atoms with Crippen molar-refractivity contribution in [3.63, 3.8) is 0 Å². The molecular weight excluding hydrogens is 298 g/mol. The normalized spacial score (nSPS) is 29.4. The van der Waals surface area contributed by atoms with Gasteiger partial charge in [-0.1, -0.05) is 33.6 Å². The van der Waals surface area contributed by atoms with Crippen LogP contribution < -0.4 is 5.11 Å². The molecule has 0 radical (unpaired) electrons. The van der Waals surface area contributed by atoms with Crippen molar-refractivity contribution in [3.8, 4) is 0 Å². The average molecular weight is 334 g/mol. The lowest BCUT2D eigenvalue weighted by atomic mass is 9.67. The molecule has 1 saturated carbocycles. The summed E-state index contributed by atoms with van der Waals surface area (Å²) < 4.78 is 0. The predicted molar refractivity (Wildman–Crippen MR) is 96.6 cm³/mol. The zero-order valence-corrected chi connectivity index (χ0v) is 16.8. The van der Waals surface area contributed by atoms with Crippen LogP contribution in [0.4, 0.5) is 0 Å². The molecule has 1 aliphatic carbocycles. The van der Waals surface area contributed by atoms with Crippen molar-refractivity contribution in [3.05, 3.63) is 17.4 Å². The Kier molecular flexibility index (Phi) is 5.05. The number of hydrogen-bond acceptors (Lipinski definition) is 2. The zero-order valence-electron chi connectivity index (χ0n) is 16.8. The van der Waals surface area contributed by atoms with Gasteiger partial charge in [-0.15, -0.1) is 0 Å². The Morgan fingerprint density at radius 1 is 1.08 bits per heavy atom. The van der Waals surface area contributed by atoms with E-state index in [1.807, 2.05) is 6.92 Å². The topological polar surface area (TPSA) is 43.4 Å². The van der Waals surface area contributed by atoms with Gasteiger partial charge in [0, 0.05) is 6.04 Å². The first kappa shape index (κ1) is 19.2. The first-order chi connectivity index (χ1) is 10.9. The number of carbonyl (C=O) groups excluding carboxylic acids is 1. The van der Waals surface area contributed by atoms with Crippen LogP contribution in [0.3, 0.4) is 0 Å². The standard InChI is InChI=1S/C21H35NO2/c1-13(2)21(7,8)17-14(3)18(23)22(19(17)24)16-12-10-9-11-15(16)20(4,5)6/h15-17H,9-12H2,1-8H3/t15-,16+,17+/m1/s1. The van der Waals surface area contributed by atoms with Gasteiger partial charge >= 0.3 is 0 Å². The third-order valence-corrected chi connectivity index (χ3v) is 6.66. The number of rotatable bonds is 3. The highest BCUT2D eigenvalue weighted by molar-refractivity contribution is 5.87. The minimum atomic E-state index is -0.308. The fourth-order valence-electron chi connectivity index (χ4n) is 4.62. The number of nitrogens with zero attached hydrogens (tertiary/aromatic N) is 1. The van der Waals surface area contributed by atoms with E-state index in [-0.39, 0.29) is 34.6 Å². The van der Waals surface area contributed by atoms with E-state index in [2.05, 4.69) is 48.5 Å². The maximum atomic E-state index is 13.3. The molecule has 0 aromatic rings. The molecule has 0 spiro atoms. The molecule has 0 aromatic carbocycles. The van der Waals surface area contributed by atoms with Gasteiger partial charge in [-0.2, -0.15) is 0 Å². The van der Waals surface area contributed by atoms with Crippen LogP contribution in [-0.2, 0) is 4.79 Å². The van der Waals surface area contributed by atoms with Crippen molar-refractivity contribution in [2.75, 3.05) is 0 Å². The Morgan fingerprint density at radius 2 is 1.62 bits per heavy atom. The van der Waals surface area contributed by atoms with Gasteiger partial charge in [-0.3, -0.25) is 4.79 Å². The molecule has 1 fully saturated rings. The summed E-state index contributed by atoms with van der Waals surface area (Å²) in [7, 11) is 0. The Balaban J connectivity index is 2.40. The second kappa shape index (κ2) is 6.31. The van der Waals surface area contributed by atoms with Crippen molar-refractivity contribution >= 4 is 5.91 Å². The molecule has 3 heteroatoms. The van der Waals surface area contributed by atoms with Crippen LogP contribution in [0.15, 0.2) is 11.5 Å². The lowest BCUT2D eigenvalue weighted by molar-refractivity contribution is -0.333. The third kappa shape index (κ3) is 3.07. The highest BCUT2D eigenvalue weighted by Crippen LogP contribution is 2.49. The molecule has 0 aromatic heterocycles. The third-order valence-electron chi connectivity index (χ3n) is 6.66. The van der Waals surface area contributed by atoms with Crippen molar-refractivity contribution in [2.24, 2.45) is 22.7 Å². The second-order valence-corrected chi connectivity index (χ2v) is 9.68. The van der Waals surface area contributed by atoms with E-state index in [0.717, 1.165) is 24.8 Å². The van der Waals surface area contributed by atoms with Crippen LogP contribution in [-0.4, -0.2) is 16.8 Å². The van der Waals surface area contributed by atoms with E-state index in [4.69, 9.17) is 0 Å². The highest BCUT2D eigenvalue weighted by Gasteiger charge is 2.53. The summed E-state index contributed by atoms with van der Waals surface area (Å²) in [5.74, 6) is 1.29. The van der Waals surface area contributed by atoms with E-state index in [1.54, 1.807) is 4.90 Å². The molecule has 0 unspecified atom stereocenters. The van der Waals surface area contributed by atoms with Crippen LogP contribution in [0, 0.1) is 28.6 Å². The largest absolute Gasteiger partial charge is 0.860 e. The van der Waals surface area contributed by atoms with Gasteiger partial charge in [-0.25, -0.2) is 0 Å². The van der Waals surface area contributed by atoms with Gasteiger partial charge in [0.05, 0.1) is 19.8 Å². The molecule has 2 rings (SSSR count). The number of amides is 1. The summed E-state index contributed by atoms with van der Waals surface area (Å²) in [4.78, 5) is 15.0. The summed E-state index contributed by atoms with van der Waals surface area (Å²) >= 11 is 0. The molecule has 0 N–H and O–H groups in total. The van der Waals surface area contributed by atoms with Crippen molar-refractivity contribution in [1.82, 2.24) is 4.90 Å². The summed E-state index contributed by atoms with van der Waals surface area (Å²) in [6.07, 6.45) is 4.38. The maximum absolute atomic E-state index is 13.3. The van der Waals surface area contributed by atoms with E-state index in [0.29, 0.717) is 5.92 Å². The van der Waals surface area contributed by atoms with E-state index >= 15 is 0 Å². The fraction of sp³-hybridized carbons (Fsp3) is 0.810. The molecule has 136 valence electrons. The minimum absolute atomic E-state index is 0.0273. The summed E-state index contributed by atoms with van der Waals surface area (Å²) in [6.45, 7) is 16.9. The molecule has 2 aliphatic rings. The van der Waals surface area contributed by atoms with Crippen molar-refractivity contribution in [2.45, 2.75) is 87.1 Å². The first-order valence-electron chi connectivity index (χ1n) is 9.42. The molecule has 1 aliphatic heterocycles. The lowest BCUT2D eigenvalue weighted by Crippen LogP contribution is -2.51. The fourth-order valence-corrected chi connectivity index (χ4v) is 4.62. The molecule has 3 atom stereocenters. The Hall–Kier alpha value is -1.12. The molecule has 3 nitrogen and oxygen atoms in total. The molecule has 1 heterocycles. The Morgan fingerprint density at radius 3 is 2.12 bits per heavy atom. The van der Waals surface area contributed by atoms with Crippen molar-refractivity contribution < 1.29 is 9.90 Å². The molecule has 0 saturated heterocycles. The van der Waals surface area contributed by atoms with Crippen LogP contribution >= 0.6 is 0 Å². The summed E-state index contributed by atoms with van der Waals surface area (Å²) in [5, 5.41) is 13.0. The minimum Gasteiger partial charge on any atom is -0.860 e. The smallest absolute Gasteiger partial charge is 0.238 e. The predicted octanol–water partition coefficient (Wildman–Crippen LogP) is 4.28. The van der Waals surface area contributed by atoms with Gasteiger partial charge in [0.1, 0.15) is 11.3 Å². The van der Waals surface area contributed by atoms with Gasteiger partial charge in [0.2, 0.25) is 5.91 Å². The average Bonchev–Trinajstić information content (AvgIpc) is 2.68. The maximum Gasteiger partial charge on any atom is 0.238 e. The molecule has 1 amide bonds. The molecule has 24 heavy (non-hydrogen) atoms. The van der Waals surface area contributed by atoms with Crippen molar-refractivity contribution in [1.29, 1.82) is 0 Å². The SMILES string of the molecule is CC1=C([O-])N([C@H]2CCCC[C@H]2C(C)(C)C)C(=O)[C@H]1C(C)(C)[C+](C)C. The Bertz CT molecular complexity index is 524. The summed E-state index contributed by atoms with van der Waals surface area (Å²) in [5.41, 5.74) is 0.557.